The second-order valence-corrected chi connectivity index (χ2v) is 10.6. The van der Waals surface area contributed by atoms with Crippen LogP contribution in [0.1, 0.15) is 72.6 Å². The number of nitrogens with one attached hydrogen (secondary N) is 3. The third-order valence-corrected chi connectivity index (χ3v) is 6.11. The van der Waals surface area contributed by atoms with Gasteiger partial charge in [0.05, 0.1) is 6.04 Å². The van der Waals surface area contributed by atoms with Gasteiger partial charge in [-0.05, 0) is 50.9 Å². The lowest BCUT2D eigenvalue weighted by Gasteiger charge is -2.40. The molecular formula is C23H36F2N4O6. The van der Waals surface area contributed by atoms with Gasteiger partial charge in [0.15, 0.2) is 0 Å². The molecular weight excluding hydrogens is 466 g/mol. The third-order valence-electron chi connectivity index (χ3n) is 6.11. The number of hydrogen-bond donors (Lipinski definition) is 4. The van der Waals surface area contributed by atoms with Gasteiger partial charge in [-0.25, -0.2) is 13.6 Å². The van der Waals surface area contributed by atoms with Gasteiger partial charge in [-0.1, -0.05) is 20.8 Å². The van der Waals surface area contributed by atoms with Crippen molar-refractivity contribution in [3.05, 3.63) is 0 Å². The summed E-state index contributed by atoms with van der Waals surface area (Å²) in [5.41, 5.74) is -0.792. The Bertz CT molecular complexity index is 835. The van der Waals surface area contributed by atoms with E-state index in [1.165, 1.54) is 4.90 Å². The molecule has 0 spiro atoms. The minimum atomic E-state index is -3.11. The third kappa shape index (κ3) is 8.74. The second-order valence-electron chi connectivity index (χ2n) is 10.6. The number of nitrogens with zero attached hydrogens (tertiary/aromatic N) is 1. The number of ketones is 1. The Morgan fingerprint density at radius 3 is 2.14 bits per heavy atom. The van der Waals surface area contributed by atoms with Crippen molar-refractivity contribution in [2.45, 2.75) is 103 Å². The average Bonchev–Trinajstić information content (AvgIpc) is 3.56. The summed E-state index contributed by atoms with van der Waals surface area (Å²) in [5.74, 6) is -6.38. The lowest BCUT2D eigenvalue weighted by atomic mass is 9.85. The van der Waals surface area contributed by atoms with Crippen LogP contribution in [0.4, 0.5) is 13.6 Å². The maximum absolute atomic E-state index is 13.5. The number of hydrogen-bond acceptors (Lipinski definition) is 5. The van der Waals surface area contributed by atoms with Gasteiger partial charge >= 0.3 is 6.09 Å². The molecule has 12 heteroatoms. The molecule has 0 radical (unpaired) electrons. The van der Waals surface area contributed by atoms with Crippen LogP contribution in [0, 0.1) is 5.41 Å². The highest BCUT2D eigenvalue weighted by atomic mass is 19.3. The van der Waals surface area contributed by atoms with Gasteiger partial charge in [0.1, 0.15) is 12.1 Å². The van der Waals surface area contributed by atoms with E-state index in [1.807, 2.05) is 0 Å². The van der Waals surface area contributed by atoms with Gasteiger partial charge in [-0.15, -0.1) is 0 Å². The molecule has 0 bridgehead atoms. The molecule has 0 aromatic carbocycles. The summed E-state index contributed by atoms with van der Waals surface area (Å²) in [4.78, 5) is 64.0. The van der Waals surface area contributed by atoms with Crippen LogP contribution in [0.3, 0.4) is 0 Å². The SMILES string of the molecule is CC(F)(F)CC[C@H](NC(=O)C1CCCCN1C(=O)[C@@H](NC(=O)O)C(C)(C)C)C(=O)C(=O)NC1CC1. The lowest BCUT2D eigenvalue weighted by molar-refractivity contribution is -0.147. The fourth-order valence-corrected chi connectivity index (χ4v) is 3.98. The molecule has 10 nitrogen and oxygen atoms in total. The highest BCUT2D eigenvalue weighted by molar-refractivity contribution is 6.38. The standard InChI is InChI=1S/C23H36F2N4O6/c1-22(2,3)17(28-21(34)35)20(33)29-12-6-5-7-15(29)18(31)27-14(10-11-23(4,24)25)16(30)19(32)26-13-8-9-13/h13-15,17,28H,5-12H2,1-4H3,(H,26,32)(H,27,31)(H,34,35)/t14-,15?,17+/m0/s1. The Morgan fingerprint density at radius 2 is 1.63 bits per heavy atom. The lowest BCUT2D eigenvalue weighted by Crippen LogP contribution is -2.61. The first-order valence-corrected chi connectivity index (χ1v) is 11.9. The zero-order valence-corrected chi connectivity index (χ0v) is 20.7. The normalized spacial score (nSPS) is 20.4. The van der Waals surface area contributed by atoms with Gasteiger partial charge in [0.2, 0.25) is 23.5 Å². The fraction of sp³-hybridized carbons (Fsp3) is 0.783. The highest BCUT2D eigenvalue weighted by Gasteiger charge is 2.42. The average molecular weight is 503 g/mol. The van der Waals surface area contributed by atoms with E-state index < -0.39 is 71.9 Å². The molecule has 2 fully saturated rings. The van der Waals surface area contributed by atoms with Gasteiger partial charge in [-0.2, -0.15) is 0 Å². The van der Waals surface area contributed by atoms with Gasteiger partial charge in [-0.3, -0.25) is 19.2 Å². The van der Waals surface area contributed by atoms with Crippen molar-refractivity contribution in [1.82, 2.24) is 20.9 Å². The van der Waals surface area contributed by atoms with E-state index in [1.54, 1.807) is 20.8 Å². The minimum Gasteiger partial charge on any atom is -0.465 e. The van der Waals surface area contributed by atoms with E-state index in [9.17, 15) is 37.9 Å². The first-order valence-electron chi connectivity index (χ1n) is 11.9. The largest absolute Gasteiger partial charge is 0.465 e. The van der Waals surface area contributed by atoms with E-state index in [0.29, 0.717) is 19.8 Å². The van der Waals surface area contributed by atoms with Crippen LogP contribution in [-0.2, 0) is 19.2 Å². The van der Waals surface area contributed by atoms with Crippen molar-refractivity contribution in [1.29, 1.82) is 0 Å². The van der Waals surface area contributed by atoms with E-state index in [-0.39, 0.29) is 19.0 Å². The predicted octanol–water partition coefficient (Wildman–Crippen LogP) is 1.82. The number of Topliss-reactive ketones (excluding diaryl/α,β-unsaturated/α-hetero) is 1. The Balaban J connectivity index is 2.21. The molecule has 4 amide bonds. The molecule has 35 heavy (non-hydrogen) atoms. The highest BCUT2D eigenvalue weighted by Crippen LogP contribution is 2.26. The van der Waals surface area contributed by atoms with Crippen LogP contribution < -0.4 is 16.0 Å². The molecule has 1 aliphatic carbocycles. The van der Waals surface area contributed by atoms with Crippen LogP contribution in [0.25, 0.3) is 0 Å². The number of rotatable bonds is 10. The van der Waals surface area contributed by atoms with Crippen LogP contribution in [0.2, 0.25) is 0 Å². The molecule has 1 saturated heterocycles. The first kappa shape index (κ1) is 28.4. The molecule has 2 aliphatic rings. The van der Waals surface area contributed by atoms with Crippen molar-refractivity contribution in [2.75, 3.05) is 6.54 Å². The number of alkyl halides is 2. The number of likely N-dealkylation sites (tertiary alicyclic amines) is 1. The zero-order valence-electron chi connectivity index (χ0n) is 20.7. The Kier molecular flexibility index (Phi) is 9.18. The van der Waals surface area contributed by atoms with E-state index in [0.717, 1.165) is 12.8 Å². The first-order chi connectivity index (χ1) is 16.1. The summed E-state index contributed by atoms with van der Waals surface area (Å²) < 4.78 is 27.0. The monoisotopic (exact) mass is 502 g/mol. The summed E-state index contributed by atoms with van der Waals surface area (Å²) in [7, 11) is 0. The number of carbonyl (C=O) groups is 5. The number of carbonyl (C=O) groups excluding carboxylic acids is 4. The van der Waals surface area contributed by atoms with Crippen molar-refractivity contribution in [3.63, 3.8) is 0 Å². The maximum Gasteiger partial charge on any atom is 0.405 e. The summed E-state index contributed by atoms with van der Waals surface area (Å²) >= 11 is 0. The predicted molar refractivity (Wildman–Crippen MR) is 122 cm³/mol. The van der Waals surface area contributed by atoms with E-state index in [2.05, 4.69) is 16.0 Å². The van der Waals surface area contributed by atoms with Gasteiger partial charge < -0.3 is 26.0 Å². The van der Waals surface area contributed by atoms with Gasteiger partial charge in [0, 0.05) is 19.0 Å². The fourth-order valence-electron chi connectivity index (χ4n) is 3.98. The van der Waals surface area contributed by atoms with Crippen LogP contribution in [0.15, 0.2) is 0 Å². The Labute approximate surface area is 203 Å². The number of carboxylic acid groups (broad SMARTS) is 1. The molecule has 0 aromatic rings. The van der Waals surface area contributed by atoms with Crippen molar-refractivity contribution in [2.24, 2.45) is 5.41 Å². The summed E-state index contributed by atoms with van der Waals surface area (Å²) in [5, 5.41) is 16.3. The number of amides is 4. The molecule has 1 unspecified atom stereocenters. The maximum atomic E-state index is 13.5. The topological polar surface area (TPSA) is 145 Å². The van der Waals surface area contributed by atoms with Crippen molar-refractivity contribution >= 4 is 29.6 Å². The van der Waals surface area contributed by atoms with E-state index >= 15 is 0 Å². The molecule has 2 rings (SSSR count). The van der Waals surface area contributed by atoms with Crippen LogP contribution in [-0.4, -0.2) is 76.2 Å². The molecule has 3 atom stereocenters. The zero-order chi connectivity index (χ0) is 26.6. The van der Waals surface area contributed by atoms with E-state index in [4.69, 9.17) is 0 Å². The quantitative estimate of drug-likeness (QED) is 0.335. The Hall–Kier alpha value is -2.79. The molecule has 1 saturated carbocycles. The smallest absolute Gasteiger partial charge is 0.405 e. The summed E-state index contributed by atoms with van der Waals surface area (Å²) in [6, 6.07) is -3.76. The van der Waals surface area contributed by atoms with Gasteiger partial charge in [0.25, 0.3) is 5.91 Å². The van der Waals surface area contributed by atoms with Crippen LogP contribution >= 0.6 is 0 Å². The van der Waals surface area contributed by atoms with Crippen LogP contribution in [0.5, 0.6) is 0 Å². The molecule has 4 N–H and O–H groups in total. The minimum absolute atomic E-state index is 0.127. The molecule has 1 aliphatic heterocycles. The summed E-state index contributed by atoms with van der Waals surface area (Å²) in [6.45, 7) is 5.93. The van der Waals surface area contributed by atoms with Crippen molar-refractivity contribution < 1.29 is 37.9 Å². The molecule has 1 heterocycles. The molecule has 0 aromatic heterocycles. The number of piperidine rings is 1. The Morgan fingerprint density at radius 1 is 1.00 bits per heavy atom. The van der Waals surface area contributed by atoms with Crippen molar-refractivity contribution in [3.8, 4) is 0 Å². The second kappa shape index (κ2) is 11.3. The summed E-state index contributed by atoms with van der Waals surface area (Å²) in [6.07, 6.45) is 0.337. The molecule has 198 valence electrons. The number of halogens is 2.